The van der Waals surface area contributed by atoms with E-state index in [2.05, 4.69) is 24.4 Å². The lowest BCUT2D eigenvalue weighted by Gasteiger charge is -2.30. The molecule has 1 aromatic rings. The van der Waals surface area contributed by atoms with Crippen LogP contribution < -0.4 is 11.3 Å². The van der Waals surface area contributed by atoms with E-state index in [9.17, 15) is 0 Å². The summed E-state index contributed by atoms with van der Waals surface area (Å²) in [6.45, 7) is 4.20. The molecule has 1 fully saturated rings. The van der Waals surface area contributed by atoms with Crippen LogP contribution in [-0.4, -0.2) is 32.3 Å². The first kappa shape index (κ1) is 14.5. The van der Waals surface area contributed by atoms with Gasteiger partial charge in [-0.25, -0.2) is 0 Å². The third-order valence-corrected chi connectivity index (χ3v) is 6.12. The van der Waals surface area contributed by atoms with Crippen molar-refractivity contribution >= 4 is 35.1 Å². The topological polar surface area (TPSA) is 55.9 Å². The molecule has 7 heteroatoms. The van der Waals surface area contributed by atoms with Crippen molar-refractivity contribution in [1.29, 1.82) is 0 Å². The van der Waals surface area contributed by atoms with Gasteiger partial charge in [-0.15, -0.1) is 0 Å². The van der Waals surface area contributed by atoms with E-state index in [4.69, 9.17) is 17.4 Å². The maximum Gasteiger partial charge on any atom is 0.0835 e. The minimum Gasteiger partial charge on any atom is -0.271 e. The molecule has 1 saturated heterocycles. The summed E-state index contributed by atoms with van der Waals surface area (Å²) in [6, 6.07) is 0.338. The Balaban J connectivity index is 2.28. The zero-order valence-electron chi connectivity index (χ0n) is 10.6. The lowest BCUT2D eigenvalue weighted by atomic mass is 10.1. The third kappa shape index (κ3) is 2.99. The van der Waals surface area contributed by atoms with Gasteiger partial charge in [0.1, 0.15) is 0 Å². The Kier molecular flexibility index (Phi) is 5.26. The summed E-state index contributed by atoms with van der Waals surface area (Å²) in [7, 11) is 0. The van der Waals surface area contributed by atoms with E-state index in [1.807, 2.05) is 28.2 Å². The molecule has 102 valence electrons. The SMILES string of the molecule is CC(C)n1ncc(Cl)c1C(NN)C1CSCCS1. The standard InChI is InChI=1S/C11H19ClN4S2/c1-7(2)16-11(8(12)5-14-16)10(15-13)9-6-17-3-4-18-9/h5,7,9-10,15H,3-4,6,13H2,1-2H3. The van der Waals surface area contributed by atoms with Crippen LogP contribution in [0.1, 0.15) is 31.6 Å². The molecule has 4 nitrogen and oxygen atoms in total. The summed E-state index contributed by atoms with van der Waals surface area (Å²) in [5, 5.41) is 5.49. The van der Waals surface area contributed by atoms with E-state index in [1.54, 1.807) is 6.20 Å². The lowest BCUT2D eigenvalue weighted by Crippen LogP contribution is -2.39. The van der Waals surface area contributed by atoms with Crippen LogP contribution in [0.15, 0.2) is 6.20 Å². The number of hydrogen-bond acceptors (Lipinski definition) is 5. The third-order valence-electron chi connectivity index (χ3n) is 2.96. The maximum atomic E-state index is 6.29. The minimum absolute atomic E-state index is 0.0557. The second-order valence-corrected chi connectivity index (χ2v) is 7.45. The average Bonchev–Trinajstić information content (AvgIpc) is 2.74. The quantitative estimate of drug-likeness (QED) is 0.661. The first-order chi connectivity index (χ1) is 8.65. The van der Waals surface area contributed by atoms with Gasteiger partial charge in [-0.2, -0.15) is 28.6 Å². The molecule has 0 radical (unpaired) electrons. The van der Waals surface area contributed by atoms with E-state index in [1.165, 1.54) is 11.5 Å². The first-order valence-electron chi connectivity index (χ1n) is 6.03. The number of rotatable bonds is 4. The molecule has 3 N–H and O–H groups in total. The number of nitrogens with two attached hydrogens (primary N) is 1. The number of hydrogen-bond donors (Lipinski definition) is 2. The monoisotopic (exact) mass is 306 g/mol. The highest BCUT2D eigenvalue weighted by Crippen LogP contribution is 2.36. The Labute approximate surface area is 121 Å². The molecule has 0 amide bonds. The van der Waals surface area contributed by atoms with Gasteiger partial charge in [0, 0.05) is 28.6 Å². The molecule has 2 unspecified atom stereocenters. The number of aromatic nitrogens is 2. The van der Waals surface area contributed by atoms with Crippen LogP contribution >= 0.6 is 35.1 Å². The fourth-order valence-electron chi connectivity index (χ4n) is 2.11. The normalized spacial score (nSPS) is 22.4. The van der Waals surface area contributed by atoms with E-state index < -0.39 is 0 Å². The second kappa shape index (κ2) is 6.52. The van der Waals surface area contributed by atoms with Crippen LogP contribution in [0.2, 0.25) is 5.02 Å². The van der Waals surface area contributed by atoms with Gasteiger partial charge in [-0.3, -0.25) is 16.0 Å². The summed E-state index contributed by atoms with van der Waals surface area (Å²) < 4.78 is 1.96. The molecular weight excluding hydrogens is 288 g/mol. The molecule has 0 bridgehead atoms. The fourth-order valence-corrected chi connectivity index (χ4v) is 5.19. The van der Waals surface area contributed by atoms with Crippen molar-refractivity contribution in [3.05, 3.63) is 16.9 Å². The number of nitrogens with zero attached hydrogens (tertiary/aromatic N) is 2. The molecule has 0 spiro atoms. The van der Waals surface area contributed by atoms with Crippen LogP contribution in [-0.2, 0) is 0 Å². The largest absolute Gasteiger partial charge is 0.271 e. The zero-order valence-corrected chi connectivity index (χ0v) is 13.0. The molecule has 18 heavy (non-hydrogen) atoms. The Morgan fingerprint density at radius 1 is 1.56 bits per heavy atom. The van der Waals surface area contributed by atoms with Crippen LogP contribution in [0.25, 0.3) is 0 Å². The van der Waals surface area contributed by atoms with Crippen molar-refractivity contribution in [3.8, 4) is 0 Å². The summed E-state index contributed by atoms with van der Waals surface area (Å²) >= 11 is 10.2. The van der Waals surface area contributed by atoms with E-state index in [0.29, 0.717) is 10.3 Å². The van der Waals surface area contributed by atoms with Gasteiger partial charge in [-0.05, 0) is 13.8 Å². The molecular formula is C11H19ClN4S2. The predicted octanol–water partition coefficient (Wildman–Crippen LogP) is 2.47. The second-order valence-electron chi connectivity index (χ2n) is 4.54. The zero-order chi connectivity index (χ0) is 13.1. The van der Waals surface area contributed by atoms with Crippen molar-refractivity contribution < 1.29 is 0 Å². The molecule has 1 aliphatic heterocycles. The number of hydrazine groups is 1. The molecule has 2 rings (SSSR count). The predicted molar refractivity (Wildman–Crippen MR) is 81.3 cm³/mol. The number of thioether (sulfide) groups is 2. The smallest absolute Gasteiger partial charge is 0.0835 e. The van der Waals surface area contributed by atoms with Gasteiger partial charge in [0.15, 0.2) is 0 Å². The Hall–Kier alpha value is 0.120. The van der Waals surface area contributed by atoms with Crippen molar-refractivity contribution in [2.24, 2.45) is 5.84 Å². The van der Waals surface area contributed by atoms with Gasteiger partial charge in [0.25, 0.3) is 0 Å². The van der Waals surface area contributed by atoms with Crippen LogP contribution in [0, 0.1) is 0 Å². The number of nitrogens with one attached hydrogen (secondary N) is 1. The summed E-state index contributed by atoms with van der Waals surface area (Å²) in [6.07, 6.45) is 1.71. The van der Waals surface area contributed by atoms with Crippen LogP contribution in [0.3, 0.4) is 0 Å². The van der Waals surface area contributed by atoms with Crippen molar-refractivity contribution in [3.63, 3.8) is 0 Å². The molecule has 2 heterocycles. The molecule has 0 aromatic carbocycles. The lowest BCUT2D eigenvalue weighted by molar-refractivity contribution is 0.449. The first-order valence-corrected chi connectivity index (χ1v) is 8.61. The van der Waals surface area contributed by atoms with Crippen molar-refractivity contribution in [2.75, 3.05) is 17.3 Å². The highest BCUT2D eigenvalue weighted by atomic mass is 35.5. The van der Waals surface area contributed by atoms with Crippen LogP contribution in [0.4, 0.5) is 0 Å². The Morgan fingerprint density at radius 3 is 2.89 bits per heavy atom. The Morgan fingerprint density at radius 2 is 2.33 bits per heavy atom. The highest BCUT2D eigenvalue weighted by Gasteiger charge is 2.30. The summed E-state index contributed by atoms with van der Waals surface area (Å²) in [5.41, 5.74) is 3.94. The van der Waals surface area contributed by atoms with Crippen LogP contribution in [0.5, 0.6) is 0 Å². The maximum absolute atomic E-state index is 6.29. The average molecular weight is 307 g/mol. The Bertz CT molecular complexity index is 390. The fraction of sp³-hybridized carbons (Fsp3) is 0.727. The van der Waals surface area contributed by atoms with Gasteiger partial charge < -0.3 is 0 Å². The minimum atomic E-state index is 0.0557. The van der Waals surface area contributed by atoms with Gasteiger partial charge in [0.05, 0.1) is 23.0 Å². The number of halogens is 1. The molecule has 1 aromatic heterocycles. The summed E-state index contributed by atoms with van der Waals surface area (Å²) in [4.78, 5) is 0. The molecule has 0 saturated carbocycles. The van der Waals surface area contributed by atoms with E-state index in [-0.39, 0.29) is 12.1 Å². The van der Waals surface area contributed by atoms with Gasteiger partial charge in [-0.1, -0.05) is 11.6 Å². The molecule has 0 aliphatic carbocycles. The van der Waals surface area contributed by atoms with E-state index >= 15 is 0 Å². The molecule has 1 aliphatic rings. The van der Waals surface area contributed by atoms with E-state index in [0.717, 1.165) is 11.4 Å². The van der Waals surface area contributed by atoms with Gasteiger partial charge >= 0.3 is 0 Å². The highest BCUT2D eigenvalue weighted by molar-refractivity contribution is 8.06. The van der Waals surface area contributed by atoms with Gasteiger partial charge in [0.2, 0.25) is 0 Å². The van der Waals surface area contributed by atoms with Crippen molar-refractivity contribution in [2.45, 2.75) is 31.2 Å². The molecule has 2 atom stereocenters. The van der Waals surface area contributed by atoms with Crippen molar-refractivity contribution in [1.82, 2.24) is 15.2 Å². The summed E-state index contributed by atoms with van der Waals surface area (Å²) in [5.74, 6) is 9.24.